The van der Waals surface area contributed by atoms with Gasteiger partial charge in [-0.05, 0) is 34.6 Å². The topological polar surface area (TPSA) is 265 Å². The van der Waals surface area contributed by atoms with Gasteiger partial charge in [-0.1, -0.05) is 0 Å². The summed E-state index contributed by atoms with van der Waals surface area (Å²) in [6.45, 7) is 7.99. The predicted molar refractivity (Wildman–Crippen MR) is 84.4 cm³/mol. The van der Waals surface area contributed by atoms with Gasteiger partial charge in [-0.15, -0.1) is 0 Å². The molecule has 0 rings (SSSR count). The first-order valence-electron chi connectivity index (χ1n) is 7.06. The fourth-order valence-corrected chi connectivity index (χ4v) is 0.329. The maximum atomic E-state index is 8.89. The van der Waals surface area contributed by atoms with E-state index in [1.165, 1.54) is 0 Å². The minimum absolute atomic E-state index is 0. The average molecular weight is 500 g/mol. The van der Waals surface area contributed by atoms with Crippen LogP contribution in [-0.2, 0) is 41.0 Å². The second kappa shape index (κ2) is 56.8. The first-order valence-corrected chi connectivity index (χ1v) is 7.06. The van der Waals surface area contributed by atoms with Gasteiger partial charge in [-0.3, -0.25) is 0 Å². The third-order valence-electron chi connectivity index (χ3n) is 0.642. The molecule has 0 fully saturated rings. The molecule has 0 saturated heterocycles. The largest absolute Gasteiger partial charge is 3.00 e. The Morgan fingerprint density at radius 3 is 0.733 bits per heavy atom. The standard InChI is InChI=1S/C4H13N3.5C2H4O2.Fe.2Na/c5-1-3-7-4-2-6;5*1-2(3)4;;;/h7H,1-6H2;5*1H3,(H,3,4);;;/q;;;;;;+3;2*+1/p-5. The van der Waals surface area contributed by atoms with Crippen LogP contribution >= 0.6 is 0 Å². The van der Waals surface area contributed by atoms with Crippen molar-refractivity contribution in [1.82, 2.24) is 5.32 Å². The maximum absolute atomic E-state index is 8.89. The zero-order valence-corrected chi connectivity index (χ0v) is 23.5. The van der Waals surface area contributed by atoms with Crippen LogP contribution in [0.25, 0.3) is 0 Å². The number of carboxylic acid groups (broad SMARTS) is 5. The summed E-state index contributed by atoms with van der Waals surface area (Å²) in [5.74, 6) is -5.42. The van der Waals surface area contributed by atoms with E-state index in [4.69, 9.17) is 61.0 Å². The van der Waals surface area contributed by atoms with Gasteiger partial charge in [0.05, 0.1) is 0 Å². The number of carbonyl (C=O) groups excluding carboxylic acids is 5. The van der Waals surface area contributed by atoms with Crippen molar-refractivity contribution in [3.63, 3.8) is 0 Å². The molecule has 0 aromatic rings. The quantitative estimate of drug-likeness (QED) is 0.239. The summed E-state index contributed by atoms with van der Waals surface area (Å²) in [4.78, 5) is 44.4. The molecule has 0 spiro atoms. The minimum atomic E-state index is -1.08. The van der Waals surface area contributed by atoms with Crippen molar-refractivity contribution < 1.29 is 126 Å². The maximum Gasteiger partial charge on any atom is 3.00 e. The zero-order valence-electron chi connectivity index (χ0n) is 18.4. The number of carbonyl (C=O) groups is 5. The molecule has 0 aromatic heterocycles. The molecule has 5 N–H and O–H groups in total. The Morgan fingerprint density at radius 1 is 0.567 bits per heavy atom. The van der Waals surface area contributed by atoms with Crippen LogP contribution in [0.3, 0.4) is 0 Å². The van der Waals surface area contributed by atoms with E-state index in [0.29, 0.717) is 13.1 Å². The number of nitrogens with one attached hydrogen (secondary N) is 1. The SMILES string of the molecule is CC(=O)[O-].CC(=O)[O-].CC(=O)[O-].CC(=O)[O-].CC(=O)[O-].NCCNCCN.[Fe+3].[Na+].[Na+]. The monoisotopic (exact) mass is 500 g/mol. The van der Waals surface area contributed by atoms with Crippen molar-refractivity contribution in [3.8, 4) is 0 Å². The van der Waals surface area contributed by atoms with Crippen LogP contribution < -0.4 is 101 Å². The molecule has 169 valence electrons. The van der Waals surface area contributed by atoms with Crippen LogP contribution in [0.1, 0.15) is 34.6 Å². The first kappa shape index (κ1) is 57.1. The van der Waals surface area contributed by atoms with Crippen molar-refractivity contribution >= 4 is 29.8 Å². The molecule has 16 heteroatoms. The average Bonchev–Trinajstić information content (AvgIpc) is 2.35. The van der Waals surface area contributed by atoms with E-state index in [9.17, 15) is 0 Å². The van der Waals surface area contributed by atoms with Gasteiger partial charge in [0.2, 0.25) is 0 Å². The van der Waals surface area contributed by atoms with Crippen LogP contribution in [0.15, 0.2) is 0 Å². The molecule has 0 bridgehead atoms. The Hall–Kier alpha value is -0.251. The van der Waals surface area contributed by atoms with Gasteiger partial charge in [0.15, 0.2) is 0 Å². The van der Waals surface area contributed by atoms with Gasteiger partial charge < -0.3 is 66.3 Å². The molecule has 0 saturated carbocycles. The Labute approximate surface area is 231 Å². The normalized spacial score (nSPS) is 6.37. The molecule has 0 aromatic carbocycles. The summed E-state index contributed by atoms with van der Waals surface area (Å²) in [6, 6.07) is 0. The van der Waals surface area contributed by atoms with Crippen LogP contribution in [0.4, 0.5) is 0 Å². The van der Waals surface area contributed by atoms with Crippen LogP contribution in [0.5, 0.6) is 0 Å². The van der Waals surface area contributed by atoms with Gasteiger partial charge in [-0.25, -0.2) is 0 Å². The molecule has 13 nitrogen and oxygen atoms in total. The number of aliphatic carboxylic acids is 5. The molecule has 0 amide bonds. The fraction of sp³-hybridized carbons (Fsp3) is 0.643. The van der Waals surface area contributed by atoms with E-state index in [2.05, 4.69) is 5.32 Å². The summed E-state index contributed by atoms with van der Waals surface area (Å²) < 4.78 is 0. The Kier molecular flexibility index (Phi) is 108. The third kappa shape index (κ3) is 1410. The molecule has 0 aliphatic heterocycles. The van der Waals surface area contributed by atoms with E-state index in [1.54, 1.807) is 0 Å². The molecule has 0 heterocycles. The summed E-state index contributed by atoms with van der Waals surface area (Å²) in [5.41, 5.74) is 10.3. The number of rotatable bonds is 4. The smallest absolute Gasteiger partial charge is 0.550 e. The number of carboxylic acids is 5. The molecular formula is C14H28FeN3Na2O10. The molecular weight excluding hydrogens is 472 g/mol. The summed E-state index contributed by atoms with van der Waals surface area (Å²) >= 11 is 0. The third-order valence-corrected chi connectivity index (χ3v) is 0.642. The minimum Gasteiger partial charge on any atom is -0.550 e. The van der Waals surface area contributed by atoms with Crippen molar-refractivity contribution in [3.05, 3.63) is 0 Å². The van der Waals surface area contributed by atoms with Crippen molar-refractivity contribution in [2.75, 3.05) is 26.2 Å². The molecule has 30 heavy (non-hydrogen) atoms. The van der Waals surface area contributed by atoms with E-state index >= 15 is 0 Å². The van der Waals surface area contributed by atoms with Gasteiger partial charge in [0.1, 0.15) is 0 Å². The molecule has 0 atom stereocenters. The van der Waals surface area contributed by atoms with E-state index in [-0.39, 0.29) is 76.2 Å². The molecule has 0 aliphatic rings. The molecule has 0 unspecified atom stereocenters. The first-order chi connectivity index (χ1) is 12.1. The number of nitrogens with two attached hydrogens (primary N) is 2. The van der Waals surface area contributed by atoms with Crippen molar-refractivity contribution in [2.24, 2.45) is 11.5 Å². The van der Waals surface area contributed by atoms with Crippen LogP contribution in [-0.4, -0.2) is 56.0 Å². The predicted octanol–water partition coefficient (Wildman–Crippen LogP) is -13.7. The second-order valence-corrected chi connectivity index (χ2v) is 3.79. The van der Waals surface area contributed by atoms with Gasteiger partial charge in [0.25, 0.3) is 0 Å². The summed E-state index contributed by atoms with van der Waals surface area (Å²) in [6.07, 6.45) is 0. The fourth-order valence-electron chi connectivity index (χ4n) is 0.329. The van der Waals surface area contributed by atoms with Crippen molar-refractivity contribution in [2.45, 2.75) is 34.6 Å². The summed E-state index contributed by atoms with van der Waals surface area (Å²) in [7, 11) is 0. The van der Waals surface area contributed by atoms with Gasteiger partial charge in [-0.2, -0.15) is 0 Å². The van der Waals surface area contributed by atoms with Crippen LogP contribution in [0, 0.1) is 0 Å². The van der Waals surface area contributed by atoms with E-state index in [0.717, 1.165) is 47.7 Å². The van der Waals surface area contributed by atoms with Gasteiger partial charge >= 0.3 is 76.2 Å². The van der Waals surface area contributed by atoms with Crippen molar-refractivity contribution in [1.29, 1.82) is 0 Å². The van der Waals surface area contributed by atoms with E-state index in [1.807, 2.05) is 0 Å². The molecule has 1 radical (unpaired) electrons. The Bertz CT molecular complexity index is 299. The molecule has 0 aliphatic carbocycles. The Morgan fingerprint density at radius 2 is 0.667 bits per heavy atom. The summed E-state index contributed by atoms with van der Waals surface area (Å²) in [5, 5.41) is 47.5. The number of hydrogen-bond acceptors (Lipinski definition) is 13. The van der Waals surface area contributed by atoms with E-state index < -0.39 is 29.8 Å². The van der Waals surface area contributed by atoms with Crippen LogP contribution in [0.2, 0.25) is 0 Å². The number of hydrogen-bond donors (Lipinski definition) is 3. The van der Waals surface area contributed by atoms with Gasteiger partial charge in [0, 0.05) is 56.0 Å². The second-order valence-electron chi connectivity index (χ2n) is 3.79. The zero-order chi connectivity index (χ0) is 23.4. The Balaban J connectivity index is -0.0000000251.